The Kier molecular flexibility index (Phi) is 17.4. The van der Waals surface area contributed by atoms with Gasteiger partial charge in [-0.3, -0.25) is 0 Å². The molecule has 0 bridgehead atoms. The minimum Gasteiger partial charge on any atom is -0.328 e. The molecule has 0 saturated heterocycles. The van der Waals surface area contributed by atoms with Gasteiger partial charge < -0.3 is 9.80 Å². The van der Waals surface area contributed by atoms with Gasteiger partial charge in [0.2, 0.25) is 0 Å². The fourth-order valence-electron chi connectivity index (χ4n) is 3.20. The first-order valence-electron chi connectivity index (χ1n) is 9.89. The summed E-state index contributed by atoms with van der Waals surface area (Å²) < 4.78 is 0. The van der Waals surface area contributed by atoms with Crippen molar-refractivity contribution in [2.24, 2.45) is 0 Å². The van der Waals surface area contributed by atoms with E-state index in [9.17, 15) is 0 Å². The van der Waals surface area contributed by atoms with Crippen LogP contribution < -0.4 is 9.80 Å². The molecule has 0 fully saturated rings. The molecule has 24 heavy (non-hydrogen) atoms. The molecule has 0 aliphatic carbocycles. The van der Waals surface area contributed by atoms with Crippen LogP contribution in [0.4, 0.5) is 0 Å². The summed E-state index contributed by atoms with van der Waals surface area (Å²) in [5, 5.41) is 0. The van der Waals surface area contributed by atoms with Crippen LogP contribution in [0.5, 0.6) is 0 Å². The molecule has 0 rings (SSSR count). The summed E-state index contributed by atoms with van der Waals surface area (Å²) in [6.07, 6.45) is 19.1. The molecule has 0 aliphatic heterocycles. The van der Waals surface area contributed by atoms with Gasteiger partial charge in [-0.2, -0.15) is 0 Å². The average molecular weight is 335 g/mol. The largest absolute Gasteiger partial charge is 0.328 e. The quantitative estimate of drug-likeness (QED) is 0.265. The SMILES string of the molecule is C=CC[NH+](CC=C)CCCCCCCCCC[NH+](CC=C)CC=C. The minimum absolute atomic E-state index is 1.06. The summed E-state index contributed by atoms with van der Waals surface area (Å²) in [5.74, 6) is 0. The molecule has 0 heterocycles. The number of unbranched alkanes of at least 4 members (excludes halogenated alkanes) is 7. The van der Waals surface area contributed by atoms with Crippen LogP contribution in [0, 0.1) is 0 Å². The van der Waals surface area contributed by atoms with Crippen molar-refractivity contribution in [2.45, 2.75) is 51.4 Å². The Hall–Kier alpha value is -1.12. The zero-order valence-corrected chi connectivity index (χ0v) is 16.0. The molecule has 0 amide bonds. The molecular formula is C22H42N2+2. The first kappa shape index (κ1) is 22.9. The van der Waals surface area contributed by atoms with Crippen molar-refractivity contribution in [3.8, 4) is 0 Å². The molecule has 0 aromatic carbocycles. The summed E-state index contributed by atoms with van der Waals surface area (Å²) in [5.41, 5.74) is 0. The van der Waals surface area contributed by atoms with Crippen LogP contribution in [0.25, 0.3) is 0 Å². The second-order valence-corrected chi connectivity index (χ2v) is 6.80. The van der Waals surface area contributed by atoms with E-state index in [1.54, 1.807) is 9.80 Å². The summed E-state index contributed by atoms with van der Waals surface area (Å²) in [6, 6.07) is 0. The van der Waals surface area contributed by atoms with Gasteiger partial charge in [0.1, 0.15) is 0 Å². The first-order chi connectivity index (χ1) is 11.8. The highest BCUT2D eigenvalue weighted by atomic mass is 15.1. The smallest absolute Gasteiger partial charge is 0.0957 e. The molecule has 0 aliphatic rings. The maximum atomic E-state index is 3.84. The fraction of sp³-hybridized carbons (Fsp3) is 0.636. The highest BCUT2D eigenvalue weighted by Gasteiger charge is 2.04. The highest BCUT2D eigenvalue weighted by Crippen LogP contribution is 2.07. The Morgan fingerprint density at radius 3 is 0.917 bits per heavy atom. The number of hydrogen-bond acceptors (Lipinski definition) is 0. The average Bonchev–Trinajstić information content (AvgIpc) is 2.57. The molecule has 0 spiro atoms. The van der Waals surface area contributed by atoms with Gasteiger partial charge in [0, 0.05) is 0 Å². The van der Waals surface area contributed by atoms with Crippen molar-refractivity contribution >= 4 is 0 Å². The lowest BCUT2D eigenvalue weighted by atomic mass is 10.1. The van der Waals surface area contributed by atoms with Crippen molar-refractivity contribution in [1.82, 2.24) is 0 Å². The Morgan fingerprint density at radius 2 is 0.667 bits per heavy atom. The highest BCUT2D eigenvalue weighted by molar-refractivity contribution is 4.68. The van der Waals surface area contributed by atoms with Gasteiger partial charge in [-0.1, -0.05) is 52.0 Å². The number of rotatable bonds is 19. The van der Waals surface area contributed by atoms with Crippen LogP contribution in [-0.2, 0) is 0 Å². The Balaban J connectivity index is 3.43. The van der Waals surface area contributed by atoms with Crippen LogP contribution in [0.3, 0.4) is 0 Å². The van der Waals surface area contributed by atoms with Crippen molar-refractivity contribution in [3.63, 3.8) is 0 Å². The predicted octanol–water partition coefficient (Wildman–Crippen LogP) is 2.62. The van der Waals surface area contributed by atoms with Gasteiger partial charge in [0.05, 0.1) is 39.3 Å². The zero-order valence-electron chi connectivity index (χ0n) is 16.0. The van der Waals surface area contributed by atoms with E-state index in [0.717, 1.165) is 26.2 Å². The Morgan fingerprint density at radius 1 is 0.417 bits per heavy atom. The lowest BCUT2D eigenvalue weighted by Gasteiger charge is -2.16. The van der Waals surface area contributed by atoms with Crippen LogP contribution >= 0.6 is 0 Å². The van der Waals surface area contributed by atoms with E-state index >= 15 is 0 Å². The van der Waals surface area contributed by atoms with Crippen LogP contribution in [0.15, 0.2) is 50.6 Å². The standard InChI is InChI=1S/C22H40N2/c1-5-17-23(18-6-2)21-15-13-11-9-10-12-14-16-22-24(19-7-3)20-8-4/h5-8H,1-4,9-22H2/p+2. The molecule has 0 unspecified atom stereocenters. The second kappa shape index (κ2) is 18.2. The van der Waals surface area contributed by atoms with Crippen molar-refractivity contribution < 1.29 is 9.80 Å². The summed E-state index contributed by atoms with van der Waals surface area (Å²) in [7, 11) is 0. The third-order valence-corrected chi connectivity index (χ3v) is 4.54. The lowest BCUT2D eigenvalue weighted by molar-refractivity contribution is -0.888. The maximum Gasteiger partial charge on any atom is 0.0957 e. The molecule has 2 nitrogen and oxygen atoms in total. The van der Waals surface area contributed by atoms with Crippen LogP contribution in [0.1, 0.15) is 51.4 Å². The third kappa shape index (κ3) is 14.5. The van der Waals surface area contributed by atoms with Gasteiger partial charge in [0.25, 0.3) is 0 Å². The number of nitrogens with one attached hydrogen (secondary N) is 2. The van der Waals surface area contributed by atoms with Gasteiger partial charge in [-0.15, -0.1) is 0 Å². The van der Waals surface area contributed by atoms with Crippen molar-refractivity contribution in [1.29, 1.82) is 0 Å². The maximum absolute atomic E-state index is 3.84. The number of quaternary nitrogens is 2. The van der Waals surface area contributed by atoms with E-state index in [4.69, 9.17) is 0 Å². The molecule has 2 heteroatoms. The van der Waals surface area contributed by atoms with E-state index in [-0.39, 0.29) is 0 Å². The van der Waals surface area contributed by atoms with Gasteiger partial charge in [-0.25, -0.2) is 0 Å². The summed E-state index contributed by atoms with van der Waals surface area (Å²) in [4.78, 5) is 3.18. The van der Waals surface area contributed by atoms with Gasteiger partial charge in [0.15, 0.2) is 0 Å². The lowest BCUT2D eigenvalue weighted by Crippen LogP contribution is -3.11. The molecule has 0 aromatic heterocycles. The van der Waals surface area contributed by atoms with Gasteiger partial charge in [-0.05, 0) is 50.0 Å². The van der Waals surface area contributed by atoms with Crippen LogP contribution in [0.2, 0.25) is 0 Å². The molecule has 2 N–H and O–H groups in total. The fourth-order valence-corrected chi connectivity index (χ4v) is 3.20. The predicted molar refractivity (Wildman–Crippen MR) is 109 cm³/mol. The van der Waals surface area contributed by atoms with Crippen molar-refractivity contribution in [3.05, 3.63) is 50.6 Å². The third-order valence-electron chi connectivity index (χ3n) is 4.54. The topological polar surface area (TPSA) is 8.88 Å². The van der Waals surface area contributed by atoms with Crippen LogP contribution in [-0.4, -0.2) is 39.3 Å². The van der Waals surface area contributed by atoms with E-state index in [2.05, 4.69) is 26.3 Å². The van der Waals surface area contributed by atoms with E-state index < -0.39 is 0 Å². The Labute approximate surface area is 151 Å². The summed E-state index contributed by atoms with van der Waals surface area (Å²) in [6.45, 7) is 22.1. The van der Waals surface area contributed by atoms with E-state index in [1.807, 2.05) is 24.3 Å². The molecule has 0 atom stereocenters. The summed E-state index contributed by atoms with van der Waals surface area (Å²) >= 11 is 0. The van der Waals surface area contributed by atoms with E-state index in [0.29, 0.717) is 0 Å². The van der Waals surface area contributed by atoms with Crippen molar-refractivity contribution in [2.75, 3.05) is 39.3 Å². The minimum atomic E-state index is 1.06. The van der Waals surface area contributed by atoms with Gasteiger partial charge >= 0.3 is 0 Å². The Bertz CT molecular complexity index is 270. The zero-order chi connectivity index (χ0) is 17.9. The normalized spacial score (nSPS) is 10.9. The molecule has 138 valence electrons. The molecule has 0 radical (unpaired) electrons. The van der Waals surface area contributed by atoms with E-state index in [1.165, 1.54) is 64.5 Å². The molecular weight excluding hydrogens is 292 g/mol. The monoisotopic (exact) mass is 334 g/mol. The number of hydrogen-bond donors (Lipinski definition) is 2. The molecule has 0 saturated carbocycles. The second-order valence-electron chi connectivity index (χ2n) is 6.80. The molecule has 0 aromatic rings. The first-order valence-corrected chi connectivity index (χ1v) is 9.89.